The molecule has 5 nitrogen and oxygen atoms in total. The molecule has 1 N–H and O–H groups in total. The van der Waals surface area contributed by atoms with Crippen molar-refractivity contribution >= 4 is 5.97 Å². The largest absolute Gasteiger partial charge is 0.478 e. The Hall–Kier alpha value is -2.95. The van der Waals surface area contributed by atoms with E-state index in [9.17, 15) is 4.79 Å². The number of carboxylic acids is 1. The minimum atomic E-state index is -0.920. The van der Waals surface area contributed by atoms with Crippen molar-refractivity contribution in [3.63, 3.8) is 0 Å². The summed E-state index contributed by atoms with van der Waals surface area (Å²) in [5, 5.41) is 9.04. The van der Waals surface area contributed by atoms with E-state index in [2.05, 4.69) is 9.97 Å². The average molecular weight is 279 g/mol. The fourth-order valence-electron chi connectivity index (χ4n) is 2.20. The van der Waals surface area contributed by atoms with E-state index in [0.29, 0.717) is 6.54 Å². The second kappa shape index (κ2) is 5.58. The van der Waals surface area contributed by atoms with E-state index in [1.807, 2.05) is 29.0 Å². The zero-order valence-corrected chi connectivity index (χ0v) is 11.2. The van der Waals surface area contributed by atoms with Gasteiger partial charge in [-0.15, -0.1) is 0 Å². The van der Waals surface area contributed by atoms with Crippen molar-refractivity contribution in [1.82, 2.24) is 14.5 Å². The predicted octanol–water partition coefficient (Wildman–Crippen LogP) is 2.69. The van der Waals surface area contributed by atoms with Crippen LogP contribution in [-0.2, 0) is 6.54 Å². The van der Waals surface area contributed by atoms with E-state index < -0.39 is 5.97 Å². The zero-order valence-electron chi connectivity index (χ0n) is 11.2. The number of carboxylic acid groups (broad SMARTS) is 1. The summed E-state index contributed by atoms with van der Waals surface area (Å²) in [6.07, 6.45) is 7.05. The maximum absolute atomic E-state index is 11.0. The number of nitrogens with zero attached hydrogens (tertiary/aromatic N) is 3. The number of hydrogen-bond acceptors (Lipinski definition) is 3. The first kappa shape index (κ1) is 13.1. The number of carbonyl (C=O) groups is 1. The Kier molecular flexibility index (Phi) is 3.47. The first-order valence-electron chi connectivity index (χ1n) is 6.48. The van der Waals surface area contributed by atoms with Gasteiger partial charge in [0.25, 0.3) is 0 Å². The monoisotopic (exact) mass is 279 g/mol. The molecule has 0 aliphatic heterocycles. The number of pyridine rings is 1. The van der Waals surface area contributed by atoms with Crippen LogP contribution in [0.15, 0.2) is 61.2 Å². The van der Waals surface area contributed by atoms with E-state index in [-0.39, 0.29) is 5.56 Å². The molecule has 3 rings (SSSR count). The molecule has 3 aromatic rings. The molecule has 0 fully saturated rings. The Morgan fingerprint density at radius 2 is 1.95 bits per heavy atom. The Bertz CT molecular complexity index is 766. The molecule has 0 aliphatic carbocycles. The fraction of sp³-hybridized carbons (Fsp3) is 0.0625. The summed E-state index contributed by atoms with van der Waals surface area (Å²) in [5.41, 5.74) is 2.19. The molecule has 0 atom stereocenters. The van der Waals surface area contributed by atoms with Crippen LogP contribution >= 0.6 is 0 Å². The SMILES string of the molecule is O=C(O)c1cccc(Cn2ccnc2-c2ccncc2)c1. The third-order valence-corrected chi connectivity index (χ3v) is 3.18. The Morgan fingerprint density at radius 3 is 2.71 bits per heavy atom. The summed E-state index contributed by atoms with van der Waals surface area (Å²) in [4.78, 5) is 19.4. The van der Waals surface area contributed by atoms with Crippen LogP contribution in [0.4, 0.5) is 0 Å². The second-order valence-corrected chi connectivity index (χ2v) is 4.62. The van der Waals surface area contributed by atoms with E-state index in [0.717, 1.165) is 17.0 Å². The number of imidazole rings is 1. The summed E-state index contributed by atoms with van der Waals surface area (Å²) in [6, 6.07) is 10.7. The van der Waals surface area contributed by atoms with Crippen LogP contribution in [0.2, 0.25) is 0 Å². The molecule has 2 heterocycles. The third-order valence-electron chi connectivity index (χ3n) is 3.18. The van der Waals surface area contributed by atoms with Gasteiger partial charge >= 0.3 is 5.97 Å². The number of benzene rings is 1. The van der Waals surface area contributed by atoms with Crippen molar-refractivity contribution in [3.8, 4) is 11.4 Å². The highest BCUT2D eigenvalue weighted by Gasteiger charge is 2.08. The molecule has 0 spiro atoms. The maximum Gasteiger partial charge on any atom is 0.335 e. The van der Waals surface area contributed by atoms with Gasteiger partial charge in [0.1, 0.15) is 5.82 Å². The first-order valence-corrected chi connectivity index (χ1v) is 6.48. The molecule has 21 heavy (non-hydrogen) atoms. The topological polar surface area (TPSA) is 68.0 Å². The van der Waals surface area contributed by atoms with Gasteiger partial charge < -0.3 is 9.67 Å². The van der Waals surface area contributed by atoms with Crippen molar-refractivity contribution < 1.29 is 9.90 Å². The van der Waals surface area contributed by atoms with E-state index >= 15 is 0 Å². The molecule has 0 saturated carbocycles. The molecule has 104 valence electrons. The average Bonchev–Trinajstić information content (AvgIpc) is 2.96. The number of aromatic nitrogens is 3. The standard InChI is InChI=1S/C16H13N3O2/c20-16(21)14-3-1-2-12(10-14)11-19-9-8-18-15(19)13-4-6-17-7-5-13/h1-10H,11H2,(H,20,21). The lowest BCUT2D eigenvalue weighted by Crippen LogP contribution is -2.03. The fourth-order valence-corrected chi connectivity index (χ4v) is 2.20. The predicted molar refractivity (Wildman–Crippen MR) is 78.0 cm³/mol. The summed E-state index contributed by atoms with van der Waals surface area (Å²) in [6.45, 7) is 0.568. The van der Waals surface area contributed by atoms with Gasteiger partial charge in [0.15, 0.2) is 0 Å². The smallest absolute Gasteiger partial charge is 0.335 e. The highest BCUT2D eigenvalue weighted by atomic mass is 16.4. The van der Waals surface area contributed by atoms with E-state index in [1.54, 1.807) is 36.8 Å². The highest BCUT2D eigenvalue weighted by molar-refractivity contribution is 5.87. The summed E-state index contributed by atoms with van der Waals surface area (Å²) in [7, 11) is 0. The molecule has 0 radical (unpaired) electrons. The lowest BCUT2D eigenvalue weighted by atomic mass is 10.1. The molecule has 5 heteroatoms. The number of rotatable bonds is 4. The zero-order chi connectivity index (χ0) is 14.7. The van der Waals surface area contributed by atoms with Gasteiger partial charge in [0.2, 0.25) is 0 Å². The van der Waals surface area contributed by atoms with Crippen molar-refractivity contribution in [2.45, 2.75) is 6.54 Å². The van der Waals surface area contributed by atoms with Crippen molar-refractivity contribution in [3.05, 3.63) is 72.3 Å². The molecule has 0 saturated heterocycles. The molecule has 0 unspecified atom stereocenters. The Morgan fingerprint density at radius 1 is 1.14 bits per heavy atom. The quantitative estimate of drug-likeness (QED) is 0.797. The van der Waals surface area contributed by atoms with Crippen molar-refractivity contribution in [2.75, 3.05) is 0 Å². The first-order chi connectivity index (χ1) is 10.2. The molecule has 0 bridgehead atoms. The van der Waals surface area contributed by atoms with Gasteiger partial charge in [-0.2, -0.15) is 0 Å². The summed E-state index contributed by atoms with van der Waals surface area (Å²) >= 11 is 0. The highest BCUT2D eigenvalue weighted by Crippen LogP contribution is 2.18. The molecule has 1 aromatic carbocycles. The van der Waals surface area contributed by atoms with Crippen LogP contribution in [-0.4, -0.2) is 25.6 Å². The van der Waals surface area contributed by atoms with Crippen LogP contribution in [0, 0.1) is 0 Å². The van der Waals surface area contributed by atoms with Gasteiger partial charge in [-0.25, -0.2) is 9.78 Å². The Labute approximate surface area is 121 Å². The maximum atomic E-state index is 11.0. The van der Waals surface area contributed by atoms with Gasteiger partial charge in [-0.1, -0.05) is 12.1 Å². The van der Waals surface area contributed by atoms with Crippen LogP contribution in [0.3, 0.4) is 0 Å². The third kappa shape index (κ3) is 2.81. The van der Waals surface area contributed by atoms with Gasteiger partial charge in [-0.05, 0) is 29.8 Å². The van der Waals surface area contributed by atoms with Crippen molar-refractivity contribution in [2.24, 2.45) is 0 Å². The van der Waals surface area contributed by atoms with E-state index in [1.165, 1.54) is 0 Å². The lowest BCUT2D eigenvalue weighted by molar-refractivity contribution is 0.0696. The summed E-state index contributed by atoms with van der Waals surface area (Å²) < 4.78 is 1.98. The van der Waals surface area contributed by atoms with Crippen LogP contribution in [0.1, 0.15) is 15.9 Å². The van der Waals surface area contributed by atoms with Crippen LogP contribution in [0.5, 0.6) is 0 Å². The minimum absolute atomic E-state index is 0.290. The lowest BCUT2D eigenvalue weighted by Gasteiger charge is -2.08. The van der Waals surface area contributed by atoms with Crippen LogP contribution in [0.25, 0.3) is 11.4 Å². The van der Waals surface area contributed by atoms with Gasteiger partial charge in [-0.3, -0.25) is 4.98 Å². The number of aromatic carboxylic acids is 1. The van der Waals surface area contributed by atoms with Gasteiger partial charge in [0, 0.05) is 36.9 Å². The normalized spacial score (nSPS) is 10.5. The molecular weight excluding hydrogens is 266 g/mol. The molecular formula is C16H13N3O2. The molecule has 2 aromatic heterocycles. The van der Waals surface area contributed by atoms with Gasteiger partial charge in [0.05, 0.1) is 5.56 Å². The minimum Gasteiger partial charge on any atom is -0.478 e. The van der Waals surface area contributed by atoms with Crippen LogP contribution < -0.4 is 0 Å². The second-order valence-electron chi connectivity index (χ2n) is 4.62. The van der Waals surface area contributed by atoms with Crippen molar-refractivity contribution in [1.29, 1.82) is 0 Å². The van der Waals surface area contributed by atoms with E-state index in [4.69, 9.17) is 5.11 Å². The Balaban J connectivity index is 1.92. The molecule has 0 aliphatic rings. The molecule has 0 amide bonds. The number of hydrogen-bond donors (Lipinski definition) is 1. The summed E-state index contributed by atoms with van der Waals surface area (Å²) in [5.74, 6) is -0.0880.